The zero-order valence-electron chi connectivity index (χ0n) is 11.8. The van der Waals surface area contributed by atoms with E-state index in [1.807, 2.05) is 26.8 Å². The molecule has 0 aromatic carbocycles. The molecule has 6 nitrogen and oxygen atoms in total. The molecule has 0 saturated heterocycles. The topological polar surface area (TPSA) is 90.1 Å². The van der Waals surface area contributed by atoms with Crippen molar-refractivity contribution in [3.63, 3.8) is 0 Å². The van der Waals surface area contributed by atoms with Gasteiger partial charge in [-0.15, -0.1) is 0 Å². The molecule has 1 rings (SSSR count). The minimum atomic E-state index is -0.491. The lowest BCUT2D eigenvalue weighted by Crippen LogP contribution is -2.32. The minimum Gasteiger partial charge on any atom is -0.444 e. The lowest BCUT2D eigenvalue weighted by molar-refractivity contribution is 0.0529. The number of amides is 1. The summed E-state index contributed by atoms with van der Waals surface area (Å²) in [5.41, 5.74) is 5.58. The van der Waals surface area contributed by atoms with Gasteiger partial charge in [0.2, 0.25) is 5.95 Å². The van der Waals surface area contributed by atoms with E-state index in [-0.39, 0.29) is 5.95 Å². The average molecular weight is 299 g/mol. The number of aromatic nitrogens is 2. The highest BCUT2D eigenvalue weighted by Gasteiger charge is 2.15. The summed E-state index contributed by atoms with van der Waals surface area (Å²) in [7, 11) is 0. The molecule has 0 bridgehead atoms. The normalized spacial score (nSPS) is 11.6. The van der Waals surface area contributed by atoms with Crippen molar-refractivity contribution in [1.29, 1.82) is 0 Å². The first-order valence-corrected chi connectivity index (χ1v) is 6.57. The maximum Gasteiger partial charge on any atom is 0.407 e. The fourth-order valence-corrected chi connectivity index (χ4v) is 1.48. The molecule has 0 unspecified atom stereocenters. The van der Waals surface area contributed by atoms with Crippen LogP contribution in [0.5, 0.6) is 0 Å². The smallest absolute Gasteiger partial charge is 0.407 e. The van der Waals surface area contributed by atoms with E-state index < -0.39 is 11.7 Å². The van der Waals surface area contributed by atoms with E-state index in [1.54, 1.807) is 12.3 Å². The largest absolute Gasteiger partial charge is 0.444 e. The molecule has 0 radical (unpaired) electrons. The summed E-state index contributed by atoms with van der Waals surface area (Å²) in [6.45, 7) is 5.92. The molecule has 0 aliphatic rings. The predicted octanol–water partition coefficient (Wildman–Crippen LogP) is 2.64. The number of nitrogen functional groups attached to an aromatic ring is 1. The summed E-state index contributed by atoms with van der Waals surface area (Å²) in [6.07, 6.45) is 5.39. The molecular weight excluding hydrogens is 280 g/mol. The van der Waals surface area contributed by atoms with Crippen LogP contribution in [-0.2, 0) is 4.74 Å². The number of rotatable bonds is 4. The summed E-state index contributed by atoms with van der Waals surface area (Å²) in [5, 5.41) is 2.95. The minimum absolute atomic E-state index is 0.138. The van der Waals surface area contributed by atoms with E-state index in [0.717, 1.165) is 0 Å². The molecule has 3 N–H and O–H groups in total. The number of alkyl carbamates (subject to hydrolysis) is 1. The van der Waals surface area contributed by atoms with Crippen molar-refractivity contribution in [2.75, 3.05) is 12.3 Å². The molecule has 1 heterocycles. The van der Waals surface area contributed by atoms with Crippen LogP contribution in [0.15, 0.2) is 12.3 Å². The summed E-state index contributed by atoms with van der Waals surface area (Å²) in [5.74, 6) is 0.138. The summed E-state index contributed by atoms with van der Waals surface area (Å²) in [4.78, 5) is 19.1. The van der Waals surface area contributed by atoms with Crippen LogP contribution in [0, 0.1) is 0 Å². The average Bonchev–Trinajstić information content (AvgIpc) is 2.28. The van der Waals surface area contributed by atoms with E-state index in [2.05, 4.69) is 15.3 Å². The molecule has 0 aliphatic heterocycles. The SMILES string of the molecule is CC(C)(C)OC(=O)NCCC=Cc1cnc(N)nc1Cl. The Morgan fingerprint density at radius 3 is 2.85 bits per heavy atom. The van der Waals surface area contributed by atoms with Gasteiger partial charge in [-0.2, -0.15) is 0 Å². The van der Waals surface area contributed by atoms with Crippen LogP contribution in [-0.4, -0.2) is 28.2 Å². The molecule has 110 valence electrons. The molecule has 0 aliphatic carbocycles. The Hall–Kier alpha value is -1.82. The van der Waals surface area contributed by atoms with Gasteiger partial charge in [0.25, 0.3) is 0 Å². The maximum absolute atomic E-state index is 11.4. The number of halogens is 1. The molecule has 1 aromatic heterocycles. The van der Waals surface area contributed by atoms with E-state index in [4.69, 9.17) is 22.1 Å². The molecule has 7 heteroatoms. The van der Waals surface area contributed by atoms with Gasteiger partial charge in [-0.1, -0.05) is 23.8 Å². The summed E-state index contributed by atoms with van der Waals surface area (Å²) in [6, 6.07) is 0. The Kier molecular flexibility index (Phi) is 5.76. The third-order valence-electron chi connectivity index (χ3n) is 2.06. The van der Waals surface area contributed by atoms with E-state index in [1.165, 1.54) is 0 Å². The van der Waals surface area contributed by atoms with Crippen molar-refractivity contribution >= 4 is 29.7 Å². The number of nitrogens with two attached hydrogens (primary N) is 1. The third kappa shape index (κ3) is 6.38. The Morgan fingerprint density at radius 2 is 2.25 bits per heavy atom. The van der Waals surface area contributed by atoms with Crippen LogP contribution in [0.25, 0.3) is 6.08 Å². The standard InChI is InChI=1S/C13H19ClN4O2/c1-13(2,3)20-12(19)16-7-5-4-6-9-8-17-11(15)18-10(9)14/h4,6,8H,5,7H2,1-3H3,(H,16,19)(H2,15,17,18). The van der Waals surface area contributed by atoms with Gasteiger partial charge in [0.1, 0.15) is 10.8 Å². The van der Waals surface area contributed by atoms with E-state index in [9.17, 15) is 4.79 Å². The molecule has 1 aromatic rings. The predicted molar refractivity (Wildman–Crippen MR) is 79.3 cm³/mol. The van der Waals surface area contributed by atoms with Crippen molar-refractivity contribution in [2.45, 2.75) is 32.8 Å². The number of anilines is 1. The van der Waals surface area contributed by atoms with Gasteiger partial charge in [-0.05, 0) is 27.2 Å². The van der Waals surface area contributed by atoms with Crippen LogP contribution in [0.1, 0.15) is 32.8 Å². The van der Waals surface area contributed by atoms with E-state index >= 15 is 0 Å². The molecule has 0 atom stereocenters. The Morgan fingerprint density at radius 1 is 1.55 bits per heavy atom. The molecule has 0 saturated carbocycles. The first-order valence-electron chi connectivity index (χ1n) is 6.19. The van der Waals surface area contributed by atoms with Crippen molar-refractivity contribution in [2.24, 2.45) is 0 Å². The van der Waals surface area contributed by atoms with Gasteiger partial charge in [0, 0.05) is 18.3 Å². The zero-order valence-corrected chi connectivity index (χ0v) is 12.6. The number of hydrogen-bond donors (Lipinski definition) is 2. The number of ether oxygens (including phenoxy) is 1. The summed E-state index contributed by atoms with van der Waals surface area (Å²) >= 11 is 5.89. The lowest BCUT2D eigenvalue weighted by atomic mass is 10.2. The van der Waals surface area contributed by atoms with Gasteiger partial charge < -0.3 is 15.8 Å². The van der Waals surface area contributed by atoms with Crippen LogP contribution in [0.3, 0.4) is 0 Å². The molecule has 1 amide bonds. The second kappa shape index (κ2) is 7.09. The fraction of sp³-hybridized carbons (Fsp3) is 0.462. The Labute approximate surface area is 123 Å². The van der Waals surface area contributed by atoms with Crippen LogP contribution >= 0.6 is 11.6 Å². The van der Waals surface area contributed by atoms with Crippen LogP contribution < -0.4 is 11.1 Å². The monoisotopic (exact) mass is 298 g/mol. The van der Waals surface area contributed by atoms with Gasteiger partial charge in [-0.25, -0.2) is 14.8 Å². The number of nitrogens with one attached hydrogen (secondary N) is 1. The number of carbonyl (C=O) groups is 1. The fourth-order valence-electron chi connectivity index (χ4n) is 1.28. The quantitative estimate of drug-likeness (QED) is 0.659. The lowest BCUT2D eigenvalue weighted by Gasteiger charge is -2.19. The third-order valence-corrected chi connectivity index (χ3v) is 2.37. The van der Waals surface area contributed by atoms with Crippen molar-refractivity contribution < 1.29 is 9.53 Å². The number of hydrogen-bond acceptors (Lipinski definition) is 5. The Balaban J connectivity index is 2.34. The molecular formula is C13H19ClN4O2. The molecule has 0 spiro atoms. The first-order chi connectivity index (χ1) is 9.28. The van der Waals surface area contributed by atoms with Gasteiger partial charge in [0.05, 0.1) is 0 Å². The zero-order chi connectivity index (χ0) is 15.2. The second-order valence-electron chi connectivity index (χ2n) is 5.09. The van der Waals surface area contributed by atoms with Gasteiger partial charge in [-0.3, -0.25) is 0 Å². The van der Waals surface area contributed by atoms with Crippen molar-refractivity contribution in [1.82, 2.24) is 15.3 Å². The van der Waals surface area contributed by atoms with E-state index in [0.29, 0.717) is 23.7 Å². The second-order valence-corrected chi connectivity index (χ2v) is 5.45. The Bertz CT molecular complexity index is 498. The highest BCUT2D eigenvalue weighted by Crippen LogP contribution is 2.14. The maximum atomic E-state index is 11.4. The highest BCUT2D eigenvalue weighted by atomic mass is 35.5. The van der Waals surface area contributed by atoms with Crippen LogP contribution in [0.4, 0.5) is 10.7 Å². The number of nitrogens with zero attached hydrogens (tertiary/aromatic N) is 2. The van der Waals surface area contributed by atoms with Gasteiger partial charge >= 0.3 is 6.09 Å². The first kappa shape index (κ1) is 16.2. The van der Waals surface area contributed by atoms with Crippen molar-refractivity contribution in [3.05, 3.63) is 23.0 Å². The van der Waals surface area contributed by atoms with Crippen LogP contribution in [0.2, 0.25) is 5.15 Å². The van der Waals surface area contributed by atoms with Gasteiger partial charge in [0.15, 0.2) is 0 Å². The number of carbonyl (C=O) groups excluding carboxylic acids is 1. The van der Waals surface area contributed by atoms with Crippen molar-refractivity contribution in [3.8, 4) is 0 Å². The highest BCUT2D eigenvalue weighted by molar-refractivity contribution is 6.30. The summed E-state index contributed by atoms with van der Waals surface area (Å²) < 4.78 is 5.11. The molecule has 0 fully saturated rings. The molecule has 20 heavy (non-hydrogen) atoms.